The van der Waals surface area contributed by atoms with Crippen LogP contribution < -0.4 is 10.6 Å². The van der Waals surface area contributed by atoms with Gasteiger partial charge in [-0.25, -0.2) is 0 Å². The quantitative estimate of drug-likeness (QED) is 0.868. The van der Waals surface area contributed by atoms with Crippen LogP contribution in [0.15, 0.2) is 23.7 Å². The summed E-state index contributed by atoms with van der Waals surface area (Å²) in [6.45, 7) is 4.95. The zero-order valence-corrected chi connectivity index (χ0v) is 11.4. The minimum Gasteiger partial charge on any atom is -0.355 e. The number of amides is 1. The highest BCUT2D eigenvalue weighted by Crippen LogP contribution is 2.22. The Labute approximate surface area is 110 Å². The summed E-state index contributed by atoms with van der Waals surface area (Å²) >= 11 is 1.68. The first kappa shape index (κ1) is 13.0. The lowest BCUT2D eigenvalue weighted by Gasteiger charge is -2.13. The molecule has 96 valence electrons. The molecule has 0 aromatic carbocycles. The van der Waals surface area contributed by atoms with Crippen molar-refractivity contribution < 1.29 is 4.79 Å². The molecular weight excluding hydrogens is 246 g/mol. The molecule has 0 spiro atoms. The Balaban J connectivity index is 1.99. The van der Waals surface area contributed by atoms with Gasteiger partial charge >= 0.3 is 0 Å². The second-order valence-electron chi connectivity index (χ2n) is 4.13. The maximum Gasteiger partial charge on any atom is 0.233 e. The Morgan fingerprint density at radius 3 is 3.17 bits per heavy atom. The largest absolute Gasteiger partial charge is 0.355 e. The van der Waals surface area contributed by atoms with E-state index < -0.39 is 0 Å². The molecule has 1 atom stereocenters. The third kappa shape index (κ3) is 3.05. The number of hydrogen-bond acceptors (Lipinski definition) is 4. The van der Waals surface area contributed by atoms with Crippen LogP contribution in [0, 0.1) is 0 Å². The van der Waals surface area contributed by atoms with Gasteiger partial charge in [-0.3, -0.25) is 9.78 Å². The van der Waals surface area contributed by atoms with Crippen molar-refractivity contribution in [2.75, 3.05) is 13.1 Å². The van der Waals surface area contributed by atoms with E-state index in [-0.39, 0.29) is 11.9 Å². The minimum atomic E-state index is 0.0227. The number of carbonyl (C=O) groups excluding carboxylic acids is 1. The summed E-state index contributed by atoms with van der Waals surface area (Å²) in [4.78, 5) is 15.8. The number of carbonyl (C=O) groups is 1. The summed E-state index contributed by atoms with van der Waals surface area (Å²) in [5, 5.41) is 7.99. The highest BCUT2D eigenvalue weighted by Gasteiger charge is 2.08. The van der Waals surface area contributed by atoms with E-state index in [0.29, 0.717) is 13.1 Å². The first-order valence-electron chi connectivity index (χ1n) is 6.04. The van der Waals surface area contributed by atoms with Gasteiger partial charge < -0.3 is 10.6 Å². The molecule has 0 aliphatic carbocycles. The lowest BCUT2D eigenvalue weighted by Crippen LogP contribution is -2.34. The molecule has 0 fully saturated rings. The van der Waals surface area contributed by atoms with Crippen LogP contribution in [-0.4, -0.2) is 24.0 Å². The molecule has 0 aliphatic rings. The normalized spacial score (nSPS) is 12.6. The van der Waals surface area contributed by atoms with Crippen molar-refractivity contribution >= 4 is 27.5 Å². The Morgan fingerprint density at radius 2 is 2.39 bits per heavy atom. The van der Waals surface area contributed by atoms with E-state index in [9.17, 15) is 4.79 Å². The molecule has 18 heavy (non-hydrogen) atoms. The van der Waals surface area contributed by atoms with Gasteiger partial charge in [-0.1, -0.05) is 0 Å². The summed E-state index contributed by atoms with van der Waals surface area (Å²) in [6, 6.07) is 4.26. The van der Waals surface area contributed by atoms with Crippen LogP contribution in [0.1, 0.15) is 25.5 Å². The standard InChI is InChI=1S/C13H17N3OS/c1-3-14-13(17)8-15-9(2)10-6-12-11(16-7-10)4-5-18-12/h4-7,9,15H,3,8H2,1-2H3,(H,14,17). The summed E-state index contributed by atoms with van der Waals surface area (Å²) in [7, 11) is 0. The number of rotatable bonds is 5. The Morgan fingerprint density at radius 1 is 1.56 bits per heavy atom. The molecule has 1 unspecified atom stereocenters. The van der Waals surface area contributed by atoms with E-state index in [2.05, 4.69) is 21.7 Å². The van der Waals surface area contributed by atoms with E-state index >= 15 is 0 Å². The lowest BCUT2D eigenvalue weighted by atomic mass is 10.1. The highest BCUT2D eigenvalue weighted by molar-refractivity contribution is 7.17. The third-order valence-electron chi connectivity index (χ3n) is 2.77. The van der Waals surface area contributed by atoms with Gasteiger partial charge in [-0.05, 0) is 36.9 Å². The number of pyridine rings is 1. The molecule has 0 radical (unpaired) electrons. The van der Waals surface area contributed by atoms with Crippen LogP contribution in [-0.2, 0) is 4.79 Å². The fourth-order valence-electron chi connectivity index (χ4n) is 1.72. The van der Waals surface area contributed by atoms with Gasteiger partial charge in [-0.2, -0.15) is 0 Å². The van der Waals surface area contributed by atoms with Crippen molar-refractivity contribution in [3.8, 4) is 0 Å². The molecule has 2 heterocycles. The summed E-state index contributed by atoms with van der Waals surface area (Å²) in [6.07, 6.45) is 1.87. The molecule has 2 rings (SSSR count). The molecule has 0 aliphatic heterocycles. The minimum absolute atomic E-state index is 0.0227. The zero-order chi connectivity index (χ0) is 13.0. The molecule has 0 saturated carbocycles. The van der Waals surface area contributed by atoms with Gasteiger partial charge in [0.15, 0.2) is 0 Å². The van der Waals surface area contributed by atoms with Crippen molar-refractivity contribution in [1.82, 2.24) is 15.6 Å². The third-order valence-corrected chi connectivity index (χ3v) is 3.62. The van der Waals surface area contributed by atoms with Gasteiger partial charge in [0.2, 0.25) is 5.91 Å². The predicted molar refractivity (Wildman–Crippen MR) is 74.7 cm³/mol. The molecule has 2 N–H and O–H groups in total. The molecule has 5 heteroatoms. The number of likely N-dealkylation sites (N-methyl/N-ethyl adjacent to an activating group) is 1. The fourth-order valence-corrected chi connectivity index (χ4v) is 2.51. The smallest absolute Gasteiger partial charge is 0.233 e. The number of fused-ring (bicyclic) bond motifs is 1. The van der Waals surface area contributed by atoms with E-state index in [4.69, 9.17) is 0 Å². The van der Waals surface area contributed by atoms with Crippen LogP contribution in [0.3, 0.4) is 0 Å². The average Bonchev–Trinajstić information content (AvgIpc) is 2.83. The van der Waals surface area contributed by atoms with E-state index in [0.717, 1.165) is 11.1 Å². The number of nitrogens with one attached hydrogen (secondary N) is 2. The fraction of sp³-hybridized carbons (Fsp3) is 0.385. The van der Waals surface area contributed by atoms with Gasteiger partial charge in [0.25, 0.3) is 0 Å². The molecule has 0 saturated heterocycles. The average molecular weight is 263 g/mol. The Hall–Kier alpha value is -1.46. The molecule has 2 aromatic heterocycles. The second-order valence-corrected chi connectivity index (χ2v) is 5.08. The number of aromatic nitrogens is 1. The highest BCUT2D eigenvalue weighted by atomic mass is 32.1. The van der Waals surface area contributed by atoms with Crippen LogP contribution in [0.25, 0.3) is 10.2 Å². The maximum atomic E-state index is 11.4. The maximum absolute atomic E-state index is 11.4. The number of hydrogen-bond donors (Lipinski definition) is 2. The second kappa shape index (κ2) is 5.93. The topological polar surface area (TPSA) is 54.0 Å². The van der Waals surface area contributed by atoms with Crippen molar-refractivity contribution in [1.29, 1.82) is 0 Å². The van der Waals surface area contributed by atoms with Crippen LogP contribution in [0.5, 0.6) is 0 Å². The van der Waals surface area contributed by atoms with Crippen LogP contribution in [0.2, 0.25) is 0 Å². The van der Waals surface area contributed by atoms with Gasteiger partial charge in [-0.15, -0.1) is 11.3 Å². The molecule has 2 aromatic rings. The van der Waals surface area contributed by atoms with Crippen molar-refractivity contribution in [2.45, 2.75) is 19.9 Å². The first-order valence-corrected chi connectivity index (χ1v) is 6.92. The van der Waals surface area contributed by atoms with E-state index in [1.165, 1.54) is 4.70 Å². The molecular formula is C13H17N3OS. The summed E-state index contributed by atoms with van der Waals surface area (Å²) in [5.74, 6) is 0.0227. The molecule has 1 amide bonds. The Bertz CT molecular complexity index is 538. The Kier molecular flexibility index (Phi) is 4.28. The molecule has 0 bridgehead atoms. The van der Waals surface area contributed by atoms with Crippen LogP contribution >= 0.6 is 11.3 Å². The van der Waals surface area contributed by atoms with Crippen molar-refractivity contribution in [2.24, 2.45) is 0 Å². The predicted octanol–water partition coefficient (Wildman–Crippen LogP) is 2.08. The van der Waals surface area contributed by atoms with Crippen molar-refractivity contribution in [3.05, 3.63) is 29.3 Å². The van der Waals surface area contributed by atoms with Crippen LogP contribution in [0.4, 0.5) is 0 Å². The molecule has 4 nitrogen and oxygen atoms in total. The van der Waals surface area contributed by atoms with E-state index in [1.54, 1.807) is 11.3 Å². The SMILES string of the molecule is CCNC(=O)CNC(C)c1cnc2ccsc2c1. The lowest BCUT2D eigenvalue weighted by molar-refractivity contribution is -0.120. The zero-order valence-electron chi connectivity index (χ0n) is 10.6. The van der Waals surface area contributed by atoms with Gasteiger partial charge in [0, 0.05) is 18.8 Å². The summed E-state index contributed by atoms with van der Waals surface area (Å²) < 4.78 is 1.18. The monoisotopic (exact) mass is 263 g/mol. The number of nitrogens with zero attached hydrogens (tertiary/aromatic N) is 1. The number of thiophene rings is 1. The van der Waals surface area contributed by atoms with Gasteiger partial charge in [0.1, 0.15) is 0 Å². The summed E-state index contributed by atoms with van der Waals surface area (Å²) in [5.41, 5.74) is 2.13. The first-order chi connectivity index (χ1) is 8.70. The van der Waals surface area contributed by atoms with Crippen molar-refractivity contribution in [3.63, 3.8) is 0 Å². The van der Waals surface area contributed by atoms with Gasteiger partial charge in [0.05, 0.1) is 16.8 Å². The van der Waals surface area contributed by atoms with E-state index in [1.807, 2.05) is 31.5 Å².